The molecule has 7 rings (SSSR count). The number of piperidine rings is 2. The Balaban J connectivity index is 1.34. The maximum Gasteiger partial charge on any atom is 0.245 e. The number of nitrogens with zero attached hydrogens (tertiary/aromatic N) is 3. The number of hydrogen-bond donors (Lipinski definition) is 1. The third-order valence-electron chi connectivity index (χ3n) is 7.36. The number of rotatable bonds is 7. The molecular weight excluding hydrogens is 534 g/mol. The zero-order valence-electron chi connectivity index (χ0n) is 20.3. The molecule has 3 aliphatic heterocycles. The quantitative estimate of drug-likeness (QED) is 0.307. The number of hydrogen-bond acceptors (Lipinski definition) is 7. The molecule has 198 valence electrons. The van der Waals surface area contributed by atoms with Crippen molar-refractivity contribution in [3.8, 4) is 11.5 Å². The summed E-state index contributed by atoms with van der Waals surface area (Å²) in [7, 11) is 0. The lowest BCUT2D eigenvalue weighted by atomic mass is 9.68. The van der Waals surface area contributed by atoms with E-state index >= 15 is 0 Å². The molecule has 4 aliphatic rings. The number of carbonyl (C=O) groups excluding carboxylic acids is 1. The molecule has 38 heavy (non-hydrogen) atoms. The van der Waals surface area contributed by atoms with Crippen molar-refractivity contribution in [3.63, 3.8) is 0 Å². The van der Waals surface area contributed by atoms with Gasteiger partial charge in [-0.2, -0.15) is 0 Å². The normalized spacial score (nSPS) is 24.1. The molecule has 1 aliphatic carbocycles. The fraction of sp³-hybridized carbons (Fsp3) is 0.370. The molecule has 3 saturated heterocycles. The lowest BCUT2D eigenvalue weighted by Gasteiger charge is -2.52. The van der Waals surface area contributed by atoms with Gasteiger partial charge in [0, 0.05) is 42.8 Å². The Morgan fingerprint density at radius 3 is 2.71 bits per heavy atom. The van der Waals surface area contributed by atoms with Crippen molar-refractivity contribution in [2.24, 2.45) is 11.8 Å². The highest BCUT2D eigenvalue weighted by Crippen LogP contribution is 2.45. The number of anilines is 2. The second-order valence-electron chi connectivity index (χ2n) is 9.78. The number of aromatic nitrogens is 2. The van der Waals surface area contributed by atoms with Crippen LogP contribution < -0.4 is 14.8 Å². The van der Waals surface area contributed by atoms with Crippen LogP contribution >= 0.6 is 23.2 Å². The lowest BCUT2D eigenvalue weighted by Crippen LogP contribution is -2.61. The second-order valence-corrected chi connectivity index (χ2v) is 10.6. The van der Waals surface area contributed by atoms with Gasteiger partial charge in [0.2, 0.25) is 5.91 Å². The topological polar surface area (TPSA) is 85.8 Å². The number of amides is 1. The molecule has 4 atom stereocenters. The predicted octanol–water partition coefficient (Wildman–Crippen LogP) is 5.40. The van der Waals surface area contributed by atoms with Crippen molar-refractivity contribution < 1.29 is 23.4 Å². The van der Waals surface area contributed by atoms with E-state index in [9.17, 15) is 9.18 Å². The largest absolute Gasteiger partial charge is 0.486 e. The average molecular weight is 559 g/mol. The van der Waals surface area contributed by atoms with Gasteiger partial charge in [-0.25, -0.2) is 14.4 Å². The summed E-state index contributed by atoms with van der Waals surface area (Å²) in [5.74, 6) is 1.17. The smallest absolute Gasteiger partial charge is 0.245 e. The van der Waals surface area contributed by atoms with Crippen molar-refractivity contribution in [2.75, 3.05) is 31.6 Å². The van der Waals surface area contributed by atoms with Crippen LogP contribution in [0, 0.1) is 17.7 Å². The van der Waals surface area contributed by atoms with E-state index in [4.69, 9.17) is 37.4 Å². The third kappa shape index (κ3) is 4.63. The summed E-state index contributed by atoms with van der Waals surface area (Å²) >= 11 is 11.9. The molecule has 1 N–H and O–H groups in total. The van der Waals surface area contributed by atoms with E-state index in [0.29, 0.717) is 54.5 Å². The van der Waals surface area contributed by atoms with Gasteiger partial charge in [-0.15, -0.1) is 0 Å². The summed E-state index contributed by atoms with van der Waals surface area (Å²) in [6.45, 7) is 5.98. The van der Waals surface area contributed by atoms with Gasteiger partial charge in [0.1, 0.15) is 24.4 Å². The highest BCUT2D eigenvalue weighted by Gasteiger charge is 2.49. The van der Waals surface area contributed by atoms with Gasteiger partial charge in [0.05, 0.1) is 34.5 Å². The molecule has 2 aromatic carbocycles. The van der Waals surface area contributed by atoms with Crippen LogP contribution in [0.15, 0.2) is 43.2 Å². The van der Waals surface area contributed by atoms with Gasteiger partial charge in [-0.05, 0) is 30.7 Å². The van der Waals surface area contributed by atoms with Crippen LogP contribution in [0.2, 0.25) is 10.0 Å². The zero-order valence-corrected chi connectivity index (χ0v) is 21.8. The molecule has 0 spiro atoms. The van der Waals surface area contributed by atoms with E-state index in [1.807, 2.05) is 17.0 Å². The summed E-state index contributed by atoms with van der Waals surface area (Å²) in [5.41, 5.74) is 0.728. The number of halogens is 3. The monoisotopic (exact) mass is 558 g/mol. The minimum absolute atomic E-state index is 0.0583. The lowest BCUT2D eigenvalue weighted by molar-refractivity contribution is -0.142. The Morgan fingerprint density at radius 2 is 1.97 bits per heavy atom. The van der Waals surface area contributed by atoms with E-state index in [1.165, 1.54) is 24.5 Å². The predicted molar refractivity (Wildman–Crippen MR) is 142 cm³/mol. The van der Waals surface area contributed by atoms with Crippen LogP contribution in [0.25, 0.3) is 10.9 Å². The first-order chi connectivity index (χ1) is 18.4. The van der Waals surface area contributed by atoms with Crippen LogP contribution in [-0.4, -0.2) is 59.3 Å². The molecule has 4 heterocycles. The first-order valence-electron chi connectivity index (χ1n) is 12.4. The molecule has 1 aromatic heterocycles. The van der Waals surface area contributed by atoms with Gasteiger partial charge < -0.3 is 24.4 Å². The molecule has 3 aromatic rings. The summed E-state index contributed by atoms with van der Waals surface area (Å²) < 4.78 is 33.1. The standard InChI is InChI=1S/C27H25Cl2FN4O4/c1-2-23(35)34-10-14-7-15(11-34)26(14)38-21-8-17-20(9-22(21)37-16-5-6-36-12-16)31-13-32-27(17)33-19-4-3-18(28)24(29)25(19)30/h2-4,8-9,13-16,26H,1,5-7,10-12H2,(H,31,32,33)/t14-,15+,16-,26?/m0/s1. The van der Waals surface area contributed by atoms with E-state index in [2.05, 4.69) is 21.9 Å². The van der Waals surface area contributed by atoms with Gasteiger partial charge in [0.25, 0.3) is 0 Å². The summed E-state index contributed by atoms with van der Waals surface area (Å²) in [5, 5.41) is 3.58. The van der Waals surface area contributed by atoms with Crippen LogP contribution in [0.4, 0.5) is 15.9 Å². The Bertz CT molecular complexity index is 1410. The zero-order chi connectivity index (χ0) is 26.4. The number of carbonyl (C=O) groups is 1. The number of fused-ring (bicyclic) bond motifs is 3. The highest BCUT2D eigenvalue weighted by molar-refractivity contribution is 6.42. The Kier molecular flexibility index (Phi) is 6.75. The van der Waals surface area contributed by atoms with E-state index in [1.54, 1.807) is 0 Å². The van der Waals surface area contributed by atoms with Crippen molar-refractivity contribution in [2.45, 2.75) is 25.0 Å². The molecule has 1 saturated carbocycles. The van der Waals surface area contributed by atoms with Crippen molar-refractivity contribution in [1.29, 1.82) is 0 Å². The molecule has 8 nitrogen and oxygen atoms in total. The Hall–Kier alpha value is -3.14. The number of nitrogens with one attached hydrogen (secondary N) is 1. The second kappa shape index (κ2) is 10.2. The minimum atomic E-state index is -0.676. The highest BCUT2D eigenvalue weighted by atomic mass is 35.5. The Labute approximate surface area is 228 Å². The Morgan fingerprint density at radius 1 is 1.18 bits per heavy atom. The minimum Gasteiger partial charge on any atom is -0.486 e. The molecule has 2 bridgehead atoms. The van der Waals surface area contributed by atoms with Gasteiger partial charge in [0.15, 0.2) is 17.3 Å². The summed E-state index contributed by atoms with van der Waals surface area (Å²) in [6.07, 6.45) is 4.37. The first kappa shape index (κ1) is 25.2. The molecule has 1 unspecified atom stereocenters. The van der Waals surface area contributed by atoms with Crippen LogP contribution in [0.5, 0.6) is 11.5 Å². The van der Waals surface area contributed by atoms with E-state index in [-0.39, 0.29) is 45.7 Å². The van der Waals surface area contributed by atoms with Crippen LogP contribution in [0.1, 0.15) is 12.8 Å². The maximum absolute atomic E-state index is 14.8. The molecule has 0 radical (unpaired) electrons. The molecule has 11 heteroatoms. The van der Waals surface area contributed by atoms with Crippen molar-refractivity contribution >= 4 is 51.5 Å². The van der Waals surface area contributed by atoms with Gasteiger partial charge in [-0.1, -0.05) is 29.8 Å². The van der Waals surface area contributed by atoms with Crippen molar-refractivity contribution in [1.82, 2.24) is 14.9 Å². The first-order valence-corrected chi connectivity index (χ1v) is 13.2. The molecular formula is C27H25Cl2FN4O4. The van der Waals surface area contributed by atoms with Crippen molar-refractivity contribution in [3.05, 3.63) is 59.1 Å². The fourth-order valence-corrected chi connectivity index (χ4v) is 5.69. The molecule has 4 fully saturated rings. The summed E-state index contributed by atoms with van der Waals surface area (Å²) in [6, 6.07) is 6.64. The summed E-state index contributed by atoms with van der Waals surface area (Å²) in [4.78, 5) is 22.7. The fourth-order valence-electron chi connectivity index (χ4n) is 5.38. The number of ether oxygens (including phenoxy) is 3. The number of benzene rings is 2. The van der Waals surface area contributed by atoms with E-state index in [0.717, 1.165) is 12.8 Å². The third-order valence-corrected chi connectivity index (χ3v) is 8.15. The SMILES string of the molecule is C=CC(=O)N1C[C@H]2C[C@@H](C1)C2Oc1cc2c(Nc3ccc(Cl)c(Cl)c3F)ncnc2cc1O[C@H]1CCOC1. The van der Waals surface area contributed by atoms with Crippen LogP contribution in [0.3, 0.4) is 0 Å². The average Bonchev–Trinajstić information content (AvgIpc) is 3.45. The molecule has 1 amide bonds. The van der Waals surface area contributed by atoms with Gasteiger partial charge >= 0.3 is 0 Å². The van der Waals surface area contributed by atoms with E-state index < -0.39 is 5.82 Å². The van der Waals surface area contributed by atoms with Gasteiger partial charge in [-0.3, -0.25) is 4.79 Å². The van der Waals surface area contributed by atoms with Crippen LogP contribution in [-0.2, 0) is 9.53 Å². The maximum atomic E-state index is 14.8.